The maximum absolute atomic E-state index is 6.65. The van der Waals surface area contributed by atoms with Gasteiger partial charge in [0.2, 0.25) is 0 Å². The van der Waals surface area contributed by atoms with Gasteiger partial charge in [-0.3, -0.25) is 10.6 Å². The van der Waals surface area contributed by atoms with Crippen molar-refractivity contribution in [2.24, 2.45) is 5.73 Å². The third-order valence-electron chi connectivity index (χ3n) is 10.4. The highest BCUT2D eigenvalue weighted by atomic mass is 15.2. The van der Waals surface area contributed by atoms with Crippen molar-refractivity contribution >= 4 is 11.4 Å². The summed E-state index contributed by atoms with van der Waals surface area (Å²) in [6.45, 7) is 5.35. The van der Waals surface area contributed by atoms with Crippen molar-refractivity contribution in [2.75, 3.05) is 5.32 Å². The lowest BCUT2D eigenvalue weighted by molar-refractivity contribution is 0.386. The SMILES string of the molecule is CC1(C)c2ccccc2-c2ccc(-c3ccc(-c4ccccc4)cc3)c(Nc3cccc(CNC(NC(N)c4ccccc4)c4ccccc4)c3)c21. The molecule has 5 N–H and O–H groups in total. The Hall–Kier alpha value is -5.78. The van der Waals surface area contributed by atoms with Crippen molar-refractivity contribution < 1.29 is 0 Å². The van der Waals surface area contributed by atoms with Crippen LogP contribution in [0.4, 0.5) is 11.4 Å². The second-order valence-corrected chi connectivity index (χ2v) is 14.1. The van der Waals surface area contributed by atoms with Gasteiger partial charge in [-0.15, -0.1) is 0 Å². The summed E-state index contributed by atoms with van der Waals surface area (Å²) in [5.41, 5.74) is 22.1. The number of benzene rings is 7. The molecule has 0 fully saturated rings. The molecule has 0 radical (unpaired) electrons. The highest BCUT2D eigenvalue weighted by Crippen LogP contribution is 2.54. The number of fused-ring (bicyclic) bond motifs is 3. The monoisotopic (exact) mass is 676 g/mol. The zero-order valence-electron chi connectivity index (χ0n) is 29.7. The molecule has 4 nitrogen and oxygen atoms in total. The Kier molecular flexibility index (Phi) is 9.27. The van der Waals surface area contributed by atoms with Gasteiger partial charge in [0.25, 0.3) is 0 Å². The van der Waals surface area contributed by atoms with Crippen LogP contribution in [0.3, 0.4) is 0 Å². The zero-order chi connectivity index (χ0) is 35.5. The van der Waals surface area contributed by atoms with Crippen LogP contribution >= 0.6 is 0 Å². The quantitative estimate of drug-likeness (QED) is 0.103. The van der Waals surface area contributed by atoms with Crippen molar-refractivity contribution in [2.45, 2.75) is 38.1 Å². The summed E-state index contributed by atoms with van der Waals surface area (Å²) < 4.78 is 0. The van der Waals surface area contributed by atoms with E-state index in [-0.39, 0.29) is 17.7 Å². The number of rotatable bonds is 11. The summed E-state index contributed by atoms with van der Waals surface area (Å²) in [6, 6.07) is 62.3. The van der Waals surface area contributed by atoms with E-state index in [4.69, 9.17) is 5.73 Å². The molecule has 7 aromatic carbocycles. The Labute approximate surface area is 307 Å². The molecule has 0 saturated heterocycles. The Balaban J connectivity index is 1.12. The third-order valence-corrected chi connectivity index (χ3v) is 10.4. The number of anilines is 2. The van der Waals surface area contributed by atoms with Gasteiger partial charge in [0.15, 0.2) is 0 Å². The maximum Gasteiger partial charge on any atom is 0.0852 e. The van der Waals surface area contributed by atoms with E-state index in [1.165, 1.54) is 50.1 Å². The van der Waals surface area contributed by atoms with Gasteiger partial charge in [-0.25, -0.2) is 0 Å². The molecule has 1 aliphatic rings. The van der Waals surface area contributed by atoms with Crippen molar-refractivity contribution in [3.8, 4) is 33.4 Å². The van der Waals surface area contributed by atoms with Crippen molar-refractivity contribution in [1.82, 2.24) is 10.6 Å². The second kappa shape index (κ2) is 14.5. The molecule has 2 unspecified atom stereocenters. The van der Waals surface area contributed by atoms with Gasteiger partial charge in [-0.05, 0) is 67.8 Å². The van der Waals surface area contributed by atoms with Gasteiger partial charge in [0, 0.05) is 23.2 Å². The number of hydrogen-bond donors (Lipinski definition) is 4. The highest BCUT2D eigenvalue weighted by Gasteiger charge is 2.38. The van der Waals surface area contributed by atoms with Crippen LogP contribution in [0.25, 0.3) is 33.4 Å². The molecular formula is C48H44N4. The first-order valence-electron chi connectivity index (χ1n) is 18.1. The molecule has 0 spiro atoms. The lowest BCUT2D eigenvalue weighted by Gasteiger charge is -2.27. The Morgan fingerprint density at radius 2 is 1.13 bits per heavy atom. The van der Waals surface area contributed by atoms with E-state index < -0.39 is 0 Å². The van der Waals surface area contributed by atoms with Gasteiger partial charge >= 0.3 is 0 Å². The van der Waals surface area contributed by atoms with Crippen LogP contribution in [0, 0.1) is 0 Å². The molecule has 4 heteroatoms. The Morgan fingerprint density at radius 3 is 1.87 bits per heavy atom. The minimum atomic E-state index is -0.320. The molecule has 0 aliphatic heterocycles. The molecule has 0 bridgehead atoms. The van der Waals surface area contributed by atoms with Crippen LogP contribution in [0.15, 0.2) is 176 Å². The summed E-state index contributed by atoms with van der Waals surface area (Å²) in [5, 5.41) is 11.3. The summed E-state index contributed by atoms with van der Waals surface area (Å²) in [5.74, 6) is 0. The van der Waals surface area contributed by atoms with Crippen LogP contribution in [-0.2, 0) is 12.0 Å². The minimum Gasteiger partial charge on any atom is -0.355 e. The third kappa shape index (κ3) is 6.68. The molecule has 256 valence electrons. The van der Waals surface area contributed by atoms with Crippen LogP contribution < -0.4 is 21.7 Å². The summed E-state index contributed by atoms with van der Waals surface area (Å²) in [7, 11) is 0. The Bertz CT molecular complexity index is 2280. The first-order chi connectivity index (χ1) is 25.5. The van der Waals surface area contributed by atoms with Crippen LogP contribution in [-0.4, -0.2) is 0 Å². The number of nitrogens with one attached hydrogen (secondary N) is 3. The molecule has 1 aliphatic carbocycles. The number of nitrogens with two attached hydrogens (primary N) is 1. The number of hydrogen-bond acceptors (Lipinski definition) is 4. The molecule has 0 saturated carbocycles. The lowest BCUT2D eigenvalue weighted by Crippen LogP contribution is -2.39. The summed E-state index contributed by atoms with van der Waals surface area (Å²) in [6.07, 6.45) is -0.463. The van der Waals surface area contributed by atoms with Gasteiger partial charge in [-0.1, -0.05) is 178 Å². The summed E-state index contributed by atoms with van der Waals surface area (Å²) in [4.78, 5) is 0. The van der Waals surface area contributed by atoms with Crippen LogP contribution in [0.1, 0.15) is 54.0 Å². The normalized spacial score (nSPS) is 13.9. The standard InChI is InChI=1S/C48H44N4/c1-48(2)43-24-13-12-23-41(43)42-30-29-40(36-27-25-35(26-28-36)34-16-6-3-7-17-34)45(44(42)48)51-39-22-14-15-33(31-39)32-50-47(38-20-10-5-11-21-38)52-46(49)37-18-8-4-9-19-37/h3-31,46-47,50-52H,32,49H2,1-2H3. The van der Waals surface area contributed by atoms with Crippen LogP contribution in [0.5, 0.6) is 0 Å². The van der Waals surface area contributed by atoms with E-state index in [0.717, 1.165) is 22.5 Å². The molecular weight excluding hydrogens is 633 g/mol. The van der Waals surface area contributed by atoms with E-state index >= 15 is 0 Å². The van der Waals surface area contributed by atoms with Crippen molar-refractivity contribution in [1.29, 1.82) is 0 Å². The molecule has 52 heavy (non-hydrogen) atoms. The van der Waals surface area contributed by atoms with Crippen LogP contribution in [0.2, 0.25) is 0 Å². The van der Waals surface area contributed by atoms with E-state index in [0.29, 0.717) is 6.54 Å². The summed E-state index contributed by atoms with van der Waals surface area (Å²) >= 11 is 0. The minimum absolute atomic E-state index is 0.143. The maximum atomic E-state index is 6.65. The van der Waals surface area contributed by atoms with E-state index in [2.05, 4.69) is 181 Å². The zero-order valence-corrected chi connectivity index (χ0v) is 29.7. The average molecular weight is 677 g/mol. The lowest BCUT2D eigenvalue weighted by atomic mass is 9.80. The van der Waals surface area contributed by atoms with Gasteiger partial charge in [-0.2, -0.15) is 0 Å². The van der Waals surface area contributed by atoms with E-state index in [1.54, 1.807) is 0 Å². The van der Waals surface area contributed by atoms with E-state index in [9.17, 15) is 0 Å². The van der Waals surface area contributed by atoms with Crippen molar-refractivity contribution in [3.63, 3.8) is 0 Å². The molecule has 8 rings (SSSR count). The van der Waals surface area contributed by atoms with Gasteiger partial charge in [0.05, 0.1) is 18.0 Å². The smallest absolute Gasteiger partial charge is 0.0852 e. The fraction of sp³-hybridized carbons (Fsp3) is 0.125. The predicted octanol–water partition coefficient (Wildman–Crippen LogP) is 11.1. The molecule has 7 aromatic rings. The Morgan fingerprint density at radius 1 is 0.538 bits per heavy atom. The first-order valence-corrected chi connectivity index (χ1v) is 18.1. The predicted molar refractivity (Wildman–Crippen MR) is 217 cm³/mol. The highest BCUT2D eigenvalue weighted by molar-refractivity contribution is 5.94. The largest absolute Gasteiger partial charge is 0.355 e. The molecule has 0 aromatic heterocycles. The molecule has 2 atom stereocenters. The van der Waals surface area contributed by atoms with Gasteiger partial charge in [0.1, 0.15) is 0 Å². The average Bonchev–Trinajstić information content (AvgIpc) is 3.44. The topological polar surface area (TPSA) is 62.1 Å². The van der Waals surface area contributed by atoms with Gasteiger partial charge < -0.3 is 11.1 Å². The second-order valence-electron chi connectivity index (χ2n) is 14.1. The van der Waals surface area contributed by atoms with E-state index in [1.807, 2.05) is 24.3 Å². The molecule has 0 heterocycles. The first kappa shape index (κ1) is 33.4. The molecule has 0 amide bonds. The fourth-order valence-electron chi connectivity index (χ4n) is 7.70. The van der Waals surface area contributed by atoms with Crippen molar-refractivity contribution in [3.05, 3.63) is 204 Å². The fourth-order valence-corrected chi connectivity index (χ4v) is 7.70.